The Morgan fingerprint density at radius 3 is 2.38 bits per heavy atom. The standard InChI is InChI=1S/C20H20N2O7/c1-3-13-4-6-14(7-5-13)21-19(23)12(2)29-20(24)15-10-17-18(28-9-8-27-17)11-16(15)22(25)26/h4-7,10-12H,3,8-9H2,1-2H3,(H,21,23)/t12-/m1/s1. The van der Waals surface area contributed by atoms with Crippen LogP contribution in [0.3, 0.4) is 0 Å². The van der Waals surface area contributed by atoms with Gasteiger partial charge in [0.1, 0.15) is 18.8 Å². The van der Waals surface area contributed by atoms with E-state index in [2.05, 4.69) is 5.32 Å². The molecule has 2 aromatic rings. The van der Waals surface area contributed by atoms with Gasteiger partial charge in [0.05, 0.1) is 11.0 Å². The molecule has 1 N–H and O–H groups in total. The summed E-state index contributed by atoms with van der Waals surface area (Å²) in [5.74, 6) is -1.16. The molecular formula is C20H20N2O7. The monoisotopic (exact) mass is 400 g/mol. The summed E-state index contributed by atoms with van der Waals surface area (Å²) in [7, 11) is 0. The quantitative estimate of drug-likeness (QED) is 0.450. The molecule has 0 spiro atoms. The number of esters is 1. The molecule has 9 heteroatoms. The van der Waals surface area contributed by atoms with Crippen LogP contribution in [0.5, 0.6) is 11.5 Å². The Hall–Kier alpha value is -3.62. The van der Waals surface area contributed by atoms with E-state index in [4.69, 9.17) is 14.2 Å². The van der Waals surface area contributed by atoms with Gasteiger partial charge in [0, 0.05) is 11.8 Å². The summed E-state index contributed by atoms with van der Waals surface area (Å²) in [4.78, 5) is 35.5. The van der Waals surface area contributed by atoms with Crippen molar-refractivity contribution in [2.24, 2.45) is 0 Å². The molecule has 2 aromatic carbocycles. The van der Waals surface area contributed by atoms with Crippen molar-refractivity contribution in [3.63, 3.8) is 0 Å². The molecule has 9 nitrogen and oxygen atoms in total. The fourth-order valence-corrected chi connectivity index (χ4v) is 2.74. The predicted octanol–water partition coefficient (Wildman–Crippen LogP) is 3.11. The largest absolute Gasteiger partial charge is 0.486 e. The number of nitrogens with zero attached hydrogens (tertiary/aromatic N) is 1. The summed E-state index contributed by atoms with van der Waals surface area (Å²) in [6.07, 6.45) is -0.294. The number of hydrogen-bond acceptors (Lipinski definition) is 7. The van der Waals surface area contributed by atoms with E-state index in [-0.39, 0.29) is 30.3 Å². The second kappa shape index (κ2) is 8.59. The molecule has 0 aromatic heterocycles. The summed E-state index contributed by atoms with van der Waals surface area (Å²) in [6, 6.07) is 9.57. The van der Waals surface area contributed by atoms with Gasteiger partial charge in [-0.1, -0.05) is 19.1 Å². The van der Waals surface area contributed by atoms with Crippen molar-refractivity contribution >= 4 is 23.3 Å². The number of nitrogens with one attached hydrogen (secondary N) is 1. The number of ether oxygens (including phenoxy) is 3. The molecular weight excluding hydrogens is 380 g/mol. The van der Waals surface area contributed by atoms with Crippen LogP contribution in [0.15, 0.2) is 36.4 Å². The van der Waals surface area contributed by atoms with Gasteiger partial charge in [-0.2, -0.15) is 0 Å². The van der Waals surface area contributed by atoms with E-state index in [0.29, 0.717) is 5.69 Å². The molecule has 0 bridgehead atoms. The Labute approximate surface area is 166 Å². The topological polar surface area (TPSA) is 117 Å². The number of nitro benzene ring substituents is 1. The van der Waals surface area contributed by atoms with Crippen molar-refractivity contribution < 1.29 is 28.7 Å². The maximum Gasteiger partial charge on any atom is 0.346 e. The second-order valence-electron chi connectivity index (χ2n) is 6.36. The molecule has 0 fully saturated rings. The SMILES string of the molecule is CCc1ccc(NC(=O)[C@@H](C)OC(=O)c2cc3c(cc2[N+](=O)[O-])OCCO3)cc1. The first-order valence-corrected chi connectivity index (χ1v) is 9.08. The fraction of sp³-hybridized carbons (Fsp3) is 0.300. The van der Waals surface area contributed by atoms with Gasteiger partial charge in [0.25, 0.3) is 11.6 Å². The predicted molar refractivity (Wildman–Crippen MR) is 103 cm³/mol. The van der Waals surface area contributed by atoms with Gasteiger partial charge in [-0.05, 0) is 31.0 Å². The zero-order chi connectivity index (χ0) is 21.0. The van der Waals surface area contributed by atoms with Gasteiger partial charge >= 0.3 is 5.97 Å². The Morgan fingerprint density at radius 1 is 1.17 bits per heavy atom. The smallest absolute Gasteiger partial charge is 0.346 e. The summed E-state index contributed by atoms with van der Waals surface area (Å²) < 4.78 is 15.8. The highest BCUT2D eigenvalue weighted by Gasteiger charge is 2.29. The van der Waals surface area contributed by atoms with Gasteiger partial charge < -0.3 is 19.5 Å². The number of carbonyl (C=O) groups is 2. The first kappa shape index (κ1) is 20.1. The van der Waals surface area contributed by atoms with Crippen molar-refractivity contribution in [2.75, 3.05) is 18.5 Å². The molecule has 0 saturated carbocycles. The lowest BCUT2D eigenvalue weighted by molar-refractivity contribution is -0.385. The Kier molecular flexibility index (Phi) is 5.96. The third-order valence-electron chi connectivity index (χ3n) is 4.36. The van der Waals surface area contributed by atoms with Crippen LogP contribution in [0, 0.1) is 10.1 Å². The summed E-state index contributed by atoms with van der Waals surface area (Å²) >= 11 is 0. The number of amides is 1. The Morgan fingerprint density at radius 2 is 1.79 bits per heavy atom. The van der Waals surface area contributed by atoms with E-state index in [1.165, 1.54) is 13.0 Å². The lowest BCUT2D eigenvalue weighted by Crippen LogP contribution is -2.30. The first-order valence-electron chi connectivity index (χ1n) is 9.08. The van der Waals surface area contributed by atoms with Crippen LogP contribution < -0.4 is 14.8 Å². The molecule has 1 atom stereocenters. The van der Waals surface area contributed by atoms with Crippen molar-refractivity contribution in [1.82, 2.24) is 0 Å². The minimum absolute atomic E-state index is 0.181. The minimum atomic E-state index is -1.17. The zero-order valence-corrected chi connectivity index (χ0v) is 16.0. The van der Waals surface area contributed by atoms with Crippen LogP contribution in [0.2, 0.25) is 0 Å². The number of carbonyl (C=O) groups excluding carboxylic acids is 2. The Balaban J connectivity index is 1.73. The highest BCUT2D eigenvalue weighted by molar-refractivity contribution is 5.99. The van der Waals surface area contributed by atoms with Crippen LogP contribution in [0.4, 0.5) is 11.4 Å². The summed E-state index contributed by atoms with van der Waals surface area (Å²) in [6.45, 7) is 3.92. The third kappa shape index (κ3) is 4.63. The minimum Gasteiger partial charge on any atom is -0.486 e. The number of fused-ring (bicyclic) bond motifs is 1. The van der Waals surface area contributed by atoms with Crippen molar-refractivity contribution in [2.45, 2.75) is 26.4 Å². The van der Waals surface area contributed by atoms with Gasteiger partial charge in [0.15, 0.2) is 17.6 Å². The molecule has 3 rings (SSSR count). The van der Waals surface area contributed by atoms with Crippen molar-refractivity contribution in [1.29, 1.82) is 0 Å². The van der Waals surface area contributed by atoms with E-state index >= 15 is 0 Å². The molecule has 1 heterocycles. The van der Waals surface area contributed by atoms with E-state index < -0.39 is 28.6 Å². The molecule has 29 heavy (non-hydrogen) atoms. The summed E-state index contributed by atoms with van der Waals surface area (Å²) in [5.41, 5.74) is 0.877. The molecule has 0 saturated heterocycles. The van der Waals surface area contributed by atoms with Crippen LogP contribution in [-0.2, 0) is 16.0 Å². The van der Waals surface area contributed by atoms with Gasteiger partial charge in [-0.25, -0.2) is 4.79 Å². The average Bonchev–Trinajstić information content (AvgIpc) is 2.73. The molecule has 0 radical (unpaired) electrons. The third-order valence-corrected chi connectivity index (χ3v) is 4.36. The number of aryl methyl sites for hydroxylation is 1. The molecule has 0 aliphatic carbocycles. The van der Waals surface area contributed by atoms with E-state index in [1.54, 1.807) is 12.1 Å². The van der Waals surface area contributed by atoms with E-state index in [9.17, 15) is 19.7 Å². The maximum atomic E-state index is 12.5. The number of nitro groups is 1. The number of hydrogen-bond donors (Lipinski definition) is 1. The number of anilines is 1. The Bertz CT molecular complexity index is 941. The van der Waals surface area contributed by atoms with Crippen molar-refractivity contribution in [3.05, 3.63) is 57.6 Å². The molecule has 152 valence electrons. The highest BCUT2D eigenvalue weighted by Crippen LogP contribution is 2.37. The van der Waals surface area contributed by atoms with Crippen LogP contribution in [0.25, 0.3) is 0 Å². The average molecular weight is 400 g/mol. The maximum absolute atomic E-state index is 12.5. The van der Waals surface area contributed by atoms with Crippen LogP contribution in [0.1, 0.15) is 29.8 Å². The van der Waals surface area contributed by atoms with Crippen LogP contribution >= 0.6 is 0 Å². The molecule has 0 unspecified atom stereocenters. The molecule has 1 amide bonds. The number of benzene rings is 2. The van der Waals surface area contributed by atoms with Gasteiger partial charge in [-0.15, -0.1) is 0 Å². The molecule has 1 aliphatic heterocycles. The normalized spacial score (nSPS) is 13.3. The van der Waals surface area contributed by atoms with Crippen molar-refractivity contribution in [3.8, 4) is 11.5 Å². The van der Waals surface area contributed by atoms with E-state index in [1.807, 2.05) is 19.1 Å². The second-order valence-corrected chi connectivity index (χ2v) is 6.36. The fourth-order valence-electron chi connectivity index (χ4n) is 2.74. The van der Waals surface area contributed by atoms with Crippen LogP contribution in [-0.4, -0.2) is 36.1 Å². The lowest BCUT2D eigenvalue weighted by Gasteiger charge is -2.19. The first-order chi connectivity index (χ1) is 13.9. The lowest BCUT2D eigenvalue weighted by atomic mass is 10.1. The molecule has 1 aliphatic rings. The highest BCUT2D eigenvalue weighted by atomic mass is 16.6. The number of rotatable bonds is 6. The van der Waals surface area contributed by atoms with Gasteiger partial charge in [0.2, 0.25) is 0 Å². The summed E-state index contributed by atoms with van der Waals surface area (Å²) in [5, 5.41) is 14.0. The van der Waals surface area contributed by atoms with Gasteiger partial charge in [-0.3, -0.25) is 14.9 Å². The zero-order valence-electron chi connectivity index (χ0n) is 16.0. The van der Waals surface area contributed by atoms with E-state index in [0.717, 1.165) is 18.1 Å².